The van der Waals surface area contributed by atoms with Crippen LogP contribution < -0.4 is 0 Å². The summed E-state index contributed by atoms with van der Waals surface area (Å²) in [6, 6.07) is 0.0124. The topological polar surface area (TPSA) is 59.2 Å². The summed E-state index contributed by atoms with van der Waals surface area (Å²) in [7, 11) is 0. The minimum atomic E-state index is -0.00426. The third-order valence-corrected chi connectivity index (χ3v) is 4.83. The van der Waals surface area contributed by atoms with Crippen molar-refractivity contribution in [3.05, 3.63) is 11.7 Å². The van der Waals surface area contributed by atoms with Gasteiger partial charge < -0.3 is 9.42 Å². The Morgan fingerprint density at radius 1 is 1.47 bits per heavy atom. The molecule has 1 saturated carbocycles. The summed E-state index contributed by atoms with van der Waals surface area (Å²) in [5.74, 6) is 2.11. The van der Waals surface area contributed by atoms with E-state index < -0.39 is 0 Å². The largest absolute Gasteiger partial charge is 0.339 e. The average Bonchev–Trinajstić information content (AvgIpc) is 2.97. The van der Waals surface area contributed by atoms with Gasteiger partial charge in [-0.15, -0.1) is 0 Å². The molecule has 5 nitrogen and oxygen atoms in total. The molecule has 0 radical (unpaired) electrons. The lowest BCUT2D eigenvalue weighted by Crippen LogP contribution is -2.36. The van der Waals surface area contributed by atoms with E-state index >= 15 is 0 Å². The average molecular weight is 281 g/mol. The molecule has 0 aromatic carbocycles. The first kappa shape index (κ1) is 13.0. The summed E-state index contributed by atoms with van der Waals surface area (Å²) >= 11 is 1.58. The third-order valence-electron chi connectivity index (χ3n) is 3.92. The van der Waals surface area contributed by atoms with Crippen LogP contribution in [0, 0.1) is 0 Å². The van der Waals surface area contributed by atoms with Crippen LogP contribution in [0.25, 0.3) is 0 Å². The van der Waals surface area contributed by atoms with Gasteiger partial charge in [-0.2, -0.15) is 16.7 Å². The van der Waals surface area contributed by atoms with Crippen LogP contribution in [0.5, 0.6) is 0 Å². The van der Waals surface area contributed by atoms with Crippen molar-refractivity contribution >= 4 is 17.7 Å². The van der Waals surface area contributed by atoms with E-state index in [-0.39, 0.29) is 17.2 Å². The summed E-state index contributed by atoms with van der Waals surface area (Å²) in [5, 5.41) is 4.09. The van der Waals surface area contributed by atoms with Gasteiger partial charge in [0.25, 0.3) is 0 Å². The predicted octanol–water partition coefficient (Wildman–Crippen LogP) is 2.36. The number of likely N-dealkylation sites (tertiary alicyclic amines) is 1. The normalized spacial score (nSPS) is 24.7. The van der Waals surface area contributed by atoms with E-state index in [1.807, 2.05) is 18.1 Å². The van der Waals surface area contributed by atoms with E-state index in [0.29, 0.717) is 11.7 Å². The van der Waals surface area contributed by atoms with Crippen molar-refractivity contribution in [3.63, 3.8) is 0 Å². The molecule has 0 bridgehead atoms. The van der Waals surface area contributed by atoms with Gasteiger partial charge in [-0.05, 0) is 38.9 Å². The second kappa shape index (κ2) is 5.15. The number of amides is 1. The molecule has 2 fully saturated rings. The molecule has 1 amide bonds. The molecule has 0 N–H and O–H groups in total. The van der Waals surface area contributed by atoms with Crippen molar-refractivity contribution in [1.82, 2.24) is 15.0 Å². The Labute approximate surface area is 117 Å². The molecule has 2 aliphatic rings. The molecule has 0 spiro atoms. The fourth-order valence-corrected chi connectivity index (χ4v) is 2.85. The third kappa shape index (κ3) is 2.50. The molecule has 1 aliphatic heterocycles. The number of aromatic nitrogens is 2. The van der Waals surface area contributed by atoms with Crippen molar-refractivity contribution in [3.8, 4) is 0 Å². The lowest BCUT2D eigenvalue weighted by atomic mass is 10.2. The standard InChI is InChI=1S/C13H19N3O2S/c1-8(19-2)13(17)16-7-3-4-10(16)11-14-12(18-15-11)9-5-6-9/h8-10H,3-7H2,1-2H3/t8-,10+/m0/s1. The fourth-order valence-electron chi connectivity index (χ4n) is 2.51. The van der Waals surface area contributed by atoms with Crippen LogP contribution >= 0.6 is 11.8 Å². The van der Waals surface area contributed by atoms with Crippen molar-refractivity contribution in [1.29, 1.82) is 0 Å². The van der Waals surface area contributed by atoms with Crippen LogP contribution in [0.1, 0.15) is 56.3 Å². The van der Waals surface area contributed by atoms with Crippen LogP contribution in [0.4, 0.5) is 0 Å². The second-order valence-corrected chi connectivity index (χ2v) is 6.51. The molecular weight excluding hydrogens is 262 g/mol. The highest BCUT2D eigenvalue weighted by atomic mass is 32.2. The summed E-state index contributed by atoms with van der Waals surface area (Å²) < 4.78 is 5.31. The molecule has 6 heteroatoms. The molecule has 1 aromatic rings. The smallest absolute Gasteiger partial charge is 0.236 e. The highest BCUT2D eigenvalue weighted by molar-refractivity contribution is 7.99. The highest BCUT2D eigenvalue weighted by Crippen LogP contribution is 2.40. The van der Waals surface area contributed by atoms with Crippen molar-refractivity contribution in [2.75, 3.05) is 12.8 Å². The number of hydrogen-bond acceptors (Lipinski definition) is 5. The van der Waals surface area contributed by atoms with Crippen molar-refractivity contribution in [2.24, 2.45) is 0 Å². The molecule has 2 heterocycles. The summed E-state index contributed by atoms with van der Waals surface area (Å²) in [5.41, 5.74) is 0. The number of rotatable bonds is 4. The zero-order chi connectivity index (χ0) is 13.4. The van der Waals surface area contributed by atoms with E-state index in [1.165, 1.54) is 0 Å². The van der Waals surface area contributed by atoms with Gasteiger partial charge in [-0.25, -0.2) is 0 Å². The maximum atomic E-state index is 12.3. The number of thioether (sulfide) groups is 1. The van der Waals surface area contributed by atoms with Crippen LogP contribution in [0.2, 0.25) is 0 Å². The Morgan fingerprint density at radius 3 is 2.95 bits per heavy atom. The minimum absolute atomic E-state index is 0.00426. The van der Waals surface area contributed by atoms with E-state index in [1.54, 1.807) is 11.8 Å². The van der Waals surface area contributed by atoms with Crippen LogP contribution in [0.15, 0.2) is 4.52 Å². The van der Waals surface area contributed by atoms with Gasteiger partial charge in [-0.3, -0.25) is 4.79 Å². The number of carbonyl (C=O) groups is 1. The number of carbonyl (C=O) groups excluding carboxylic acids is 1. The molecule has 2 atom stereocenters. The molecule has 1 saturated heterocycles. The first-order chi connectivity index (χ1) is 9.20. The molecule has 1 aliphatic carbocycles. The van der Waals surface area contributed by atoms with E-state index in [2.05, 4.69) is 10.1 Å². The highest BCUT2D eigenvalue weighted by Gasteiger charge is 2.37. The Bertz CT molecular complexity index is 472. The van der Waals surface area contributed by atoms with Gasteiger partial charge in [-0.1, -0.05) is 5.16 Å². The summed E-state index contributed by atoms with van der Waals surface area (Å²) in [6.45, 7) is 2.76. The summed E-state index contributed by atoms with van der Waals surface area (Å²) in [4.78, 5) is 18.7. The van der Waals surface area contributed by atoms with E-state index in [4.69, 9.17) is 4.52 Å². The van der Waals surface area contributed by atoms with Crippen LogP contribution in [-0.4, -0.2) is 39.0 Å². The predicted molar refractivity (Wildman–Crippen MR) is 72.9 cm³/mol. The zero-order valence-electron chi connectivity index (χ0n) is 11.3. The first-order valence-corrected chi connectivity index (χ1v) is 8.16. The molecular formula is C13H19N3O2S. The lowest BCUT2D eigenvalue weighted by molar-refractivity contribution is -0.131. The number of hydrogen-bond donors (Lipinski definition) is 0. The van der Waals surface area contributed by atoms with E-state index in [9.17, 15) is 4.79 Å². The summed E-state index contributed by atoms with van der Waals surface area (Å²) in [6.07, 6.45) is 6.23. The van der Waals surface area contributed by atoms with Gasteiger partial charge in [0.15, 0.2) is 5.82 Å². The van der Waals surface area contributed by atoms with Crippen molar-refractivity contribution < 1.29 is 9.32 Å². The van der Waals surface area contributed by atoms with Crippen LogP contribution in [0.3, 0.4) is 0 Å². The molecule has 19 heavy (non-hydrogen) atoms. The van der Waals surface area contributed by atoms with Crippen LogP contribution in [-0.2, 0) is 4.79 Å². The Morgan fingerprint density at radius 2 is 2.26 bits per heavy atom. The lowest BCUT2D eigenvalue weighted by Gasteiger charge is -2.24. The SMILES string of the molecule is CS[C@@H](C)C(=O)N1CCC[C@@H]1c1noc(C2CC2)n1. The molecule has 104 valence electrons. The Kier molecular flexibility index (Phi) is 3.52. The zero-order valence-corrected chi connectivity index (χ0v) is 12.2. The van der Waals surface area contributed by atoms with E-state index in [0.717, 1.165) is 38.1 Å². The maximum absolute atomic E-state index is 12.3. The molecule has 0 unspecified atom stereocenters. The van der Waals surface area contributed by atoms with Gasteiger partial charge >= 0.3 is 0 Å². The Balaban J connectivity index is 1.76. The van der Waals surface area contributed by atoms with Gasteiger partial charge in [0.05, 0.1) is 11.3 Å². The van der Waals surface area contributed by atoms with Gasteiger partial charge in [0, 0.05) is 12.5 Å². The van der Waals surface area contributed by atoms with Gasteiger partial charge in [0.1, 0.15) is 0 Å². The second-order valence-electron chi connectivity index (χ2n) is 5.33. The number of nitrogens with zero attached hydrogens (tertiary/aromatic N) is 3. The first-order valence-electron chi connectivity index (χ1n) is 6.87. The van der Waals surface area contributed by atoms with Gasteiger partial charge in [0.2, 0.25) is 11.8 Å². The fraction of sp³-hybridized carbons (Fsp3) is 0.769. The Hall–Kier alpha value is -1.04. The quantitative estimate of drug-likeness (QED) is 0.848. The minimum Gasteiger partial charge on any atom is -0.339 e. The molecule has 1 aromatic heterocycles. The monoisotopic (exact) mass is 281 g/mol. The van der Waals surface area contributed by atoms with Crippen molar-refractivity contribution in [2.45, 2.75) is 49.8 Å². The molecule has 3 rings (SSSR count). The maximum Gasteiger partial charge on any atom is 0.236 e.